The number of nitrogens with one attached hydrogen (secondary N) is 2. The van der Waals surface area contributed by atoms with E-state index in [1.807, 2.05) is 0 Å². The lowest BCUT2D eigenvalue weighted by Crippen LogP contribution is -2.32. The summed E-state index contributed by atoms with van der Waals surface area (Å²) in [5.74, 6) is 0.894. The molecular formula is C25H23N3O3S. The topological polar surface area (TPSA) is 95.1 Å². The average Bonchev–Trinajstić information content (AvgIpc) is 2.78. The molecule has 0 saturated heterocycles. The highest BCUT2D eigenvalue weighted by Gasteiger charge is 2.37. The fourth-order valence-electron chi connectivity index (χ4n) is 4.34. The maximum atomic E-state index is 13.2. The van der Waals surface area contributed by atoms with E-state index >= 15 is 0 Å². The number of hydrogen-bond acceptors (Lipinski definition) is 6. The number of anilines is 1. The molecule has 0 fully saturated rings. The number of carbonyl (C=O) groups excluding carboxylic acids is 1. The third-order valence-corrected chi connectivity index (χ3v) is 6.90. The summed E-state index contributed by atoms with van der Waals surface area (Å²) in [6, 6.07) is 15.0. The monoisotopic (exact) mass is 445 g/mol. The van der Waals surface area contributed by atoms with Crippen molar-refractivity contribution >= 4 is 23.4 Å². The Morgan fingerprint density at radius 1 is 1.06 bits per heavy atom. The molecule has 2 aliphatic rings. The van der Waals surface area contributed by atoms with Crippen LogP contribution in [0.4, 0.5) is 5.82 Å². The van der Waals surface area contributed by atoms with Gasteiger partial charge in [0.05, 0.1) is 5.56 Å². The van der Waals surface area contributed by atoms with E-state index in [4.69, 9.17) is 4.98 Å². The van der Waals surface area contributed by atoms with Gasteiger partial charge in [-0.05, 0) is 43.0 Å². The number of phenols is 1. The largest absolute Gasteiger partial charge is 0.508 e. The van der Waals surface area contributed by atoms with E-state index < -0.39 is 5.92 Å². The number of ketones is 1. The van der Waals surface area contributed by atoms with E-state index in [1.165, 1.54) is 17.3 Å². The Labute approximate surface area is 189 Å². The molecule has 0 bridgehead atoms. The van der Waals surface area contributed by atoms with Gasteiger partial charge in [-0.15, -0.1) is 0 Å². The number of phenolic OH excluding ortho intramolecular Hbond substituents is 1. The minimum absolute atomic E-state index is 0.0553. The summed E-state index contributed by atoms with van der Waals surface area (Å²) in [6.07, 6.45) is 2.00. The number of H-pyrrole nitrogens is 1. The van der Waals surface area contributed by atoms with Crippen LogP contribution in [-0.4, -0.2) is 20.9 Å². The lowest BCUT2D eigenvalue weighted by molar-refractivity contribution is -0.116. The van der Waals surface area contributed by atoms with Crippen LogP contribution < -0.4 is 10.9 Å². The van der Waals surface area contributed by atoms with E-state index in [-0.39, 0.29) is 17.1 Å². The van der Waals surface area contributed by atoms with Crippen molar-refractivity contribution in [1.29, 1.82) is 0 Å². The number of fused-ring (bicyclic) bond motifs is 1. The summed E-state index contributed by atoms with van der Waals surface area (Å²) in [5.41, 5.74) is 4.83. The van der Waals surface area contributed by atoms with E-state index in [0.29, 0.717) is 34.3 Å². The predicted octanol–water partition coefficient (Wildman–Crippen LogP) is 4.64. The maximum absolute atomic E-state index is 13.2. The lowest BCUT2D eigenvalue weighted by atomic mass is 9.76. The van der Waals surface area contributed by atoms with Crippen LogP contribution in [0, 0.1) is 6.92 Å². The second kappa shape index (κ2) is 8.31. The molecule has 1 aliphatic heterocycles. The smallest absolute Gasteiger partial charge is 0.257 e. The van der Waals surface area contributed by atoms with Gasteiger partial charge in [0.15, 0.2) is 10.9 Å². The highest BCUT2D eigenvalue weighted by molar-refractivity contribution is 7.98. The fraction of sp³-hybridized carbons (Fsp3) is 0.240. The summed E-state index contributed by atoms with van der Waals surface area (Å²) in [5, 5.41) is 13.6. The van der Waals surface area contributed by atoms with Crippen molar-refractivity contribution in [3.8, 4) is 5.75 Å². The molecule has 3 N–H and O–H groups in total. The SMILES string of the molecule is Cc1ccc(CSc2nc3c(c(=O)[nH]2)C(c2ccc(O)cc2)C2=C(CCCC2=O)N3)cc1. The van der Waals surface area contributed by atoms with Crippen LogP contribution in [0.25, 0.3) is 0 Å². The number of aromatic hydroxyl groups is 1. The van der Waals surface area contributed by atoms with Crippen LogP contribution in [0.3, 0.4) is 0 Å². The first-order valence-corrected chi connectivity index (χ1v) is 11.6. The first-order valence-electron chi connectivity index (χ1n) is 10.6. The molecule has 1 aromatic heterocycles. The minimum atomic E-state index is -0.498. The quantitative estimate of drug-likeness (QED) is 0.400. The van der Waals surface area contributed by atoms with Crippen molar-refractivity contribution in [1.82, 2.24) is 9.97 Å². The van der Waals surface area contributed by atoms with Crippen LogP contribution in [0.2, 0.25) is 0 Å². The number of carbonyl (C=O) groups is 1. The van der Waals surface area contributed by atoms with Crippen molar-refractivity contribution in [3.05, 3.63) is 92.4 Å². The zero-order valence-corrected chi connectivity index (χ0v) is 18.5. The predicted molar refractivity (Wildman–Crippen MR) is 125 cm³/mol. The van der Waals surface area contributed by atoms with Gasteiger partial charge >= 0.3 is 0 Å². The maximum Gasteiger partial charge on any atom is 0.257 e. The summed E-state index contributed by atoms with van der Waals surface area (Å²) in [4.78, 5) is 33.7. The van der Waals surface area contributed by atoms with E-state index in [1.54, 1.807) is 24.3 Å². The molecule has 1 unspecified atom stereocenters. The number of Topliss-reactive ketones (excluding diaryl/α,β-unsaturated/α-hetero) is 1. The van der Waals surface area contributed by atoms with Crippen LogP contribution in [0.15, 0.2) is 69.8 Å². The van der Waals surface area contributed by atoms with Gasteiger partial charge in [0, 0.05) is 29.4 Å². The highest BCUT2D eigenvalue weighted by Crippen LogP contribution is 2.43. The van der Waals surface area contributed by atoms with Crippen molar-refractivity contribution in [3.63, 3.8) is 0 Å². The van der Waals surface area contributed by atoms with Crippen LogP contribution in [0.1, 0.15) is 47.4 Å². The number of nitrogens with zero attached hydrogens (tertiary/aromatic N) is 1. The zero-order chi connectivity index (χ0) is 22.2. The summed E-state index contributed by atoms with van der Waals surface area (Å²) in [6.45, 7) is 2.05. The van der Waals surface area contributed by atoms with Gasteiger partial charge in [-0.1, -0.05) is 53.7 Å². The third-order valence-electron chi connectivity index (χ3n) is 5.96. The van der Waals surface area contributed by atoms with Crippen molar-refractivity contribution in [2.75, 3.05) is 5.32 Å². The average molecular weight is 446 g/mol. The van der Waals surface area contributed by atoms with Crippen LogP contribution in [0.5, 0.6) is 5.75 Å². The first kappa shape index (κ1) is 20.6. The molecule has 2 heterocycles. The van der Waals surface area contributed by atoms with Gasteiger partial charge in [0.2, 0.25) is 0 Å². The molecule has 5 rings (SSSR count). The Bertz CT molecular complexity index is 1280. The van der Waals surface area contributed by atoms with E-state index in [0.717, 1.165) is 29.7 Å². The van der Waals surface area contributed by atoms with Gasteiger partial charge in [0.1, 0.15) is 11.6 Å². The Morgan fingerprint density at radius 2 is 1.81 bits per heavy atom. The molecule has 2 aromatic carbocycles. The highest BCUT2D eigenvalue weighted by atomic mass is 32.2. The molecule has 32 heavy (non-hydrogen) atoms. The van der Waals surface area contributed by atoms with Gasteiger partial charge in [-0.25, -0.2) is 4.98 Å². The van der Waals surface area contributed by atoms with E-state index in [2.05, 4.69) is 41.5 Å². The molecule has 0 spiro atoms. The normalized spacial score (nSPS) is 17.5. The number of rotatable bonds is 4. The molecule has 1 atom stereocenters. The molecule has 0 radical (unpaired) electrons. The minimum Gasteiger partial charge on any atom is -0.508 e. The number of thioether (sulfide) groups is 1. The third kappa shape index (κ3) is 3.84. The zero-order valence-electron chi connectivity index (χ0n) is 17.6. The molecule has 162 valence electrons. The second-order valence-corrected chi connectivity index (χ2v) is 9.19. The number of benzene rings is 2. The Balaban J connectivity index is 1.54. The van der Waals surface area contributed by atoms with Crippen molar-refractivity contribution in [2.45, 2.75) is 43.0 Å². The molecule has 1 aliphatic carbocycles. The van der Waals surface area contributed by atoms with Gasteiger partial charge in [-0.2, -0.15) is 0 Å². The van der Waals surface area contributed by atoms with Crippen LogP contribution >= 0.6 is 11.8 Å². The Hall–Kier alpha value is -3.32. The van der Waals surface area contributed by atoms with Crippen molar-refractivity contribution < 1.29 is 9.90 Å². The van der Waals surface area contributed by atoms with E-state index in [9.17, 15) is 14.7 Å². The van der Waals surface area contributed by atoms with Gasteiger partial charge < -0.3 is 15.4 Å². The summed E-state index contributed by atoms with van der Waals surface area (Å²) < 4.78 is 0. The Kier molecular flexibility index (Phi) is 5.35. The first-order chi connectivity index (χ1) is 15.5. The van der Waals surface area contributed by atoms with Crippen molar-refractivity contribution in [2.24, 2.45) is 0 Å². The molecule has 3 aromatic rings. The molecule has 7 heteroatoms. The Morgan fingerprint density at radius 3 is 2.56 bits per heavy atom. The summed E-state index contributed by atoms with van der Waals surface area (Å²) >= 11 is 1.47. The number of aromatic amines is 1. The fourth-order valence-corrected chi connectivity index (χ4v) is 5.16. The lowest BCUT2D eigenvalue weighted by Gasteiger charge is -2.32. The van der Waals surface area contributed by atoms with Gasteiger partial charge in [-0.3, -0.25) is 9.59 Å². The number of aromatic nitrogens is 2. The molecule has 0 saturated carbocycles. The second-order valence-electron chi connectivity index (χ2n) is 8.23. The number of hydrogen-bond donors (Lipinski definition) is 3. The molecule has 6 nitrogen and oxygen atoms in total. The number of allylic oxidation sites excluding steroid dienone is 2. The van der Waals surface area contributed by atoms with Gasteiger partial charge in [0.25, 0.3) is 5.56 Å². The summed E-state index contributed by atoms with van der Waals surface area (Å²) in [7, 11) is 0. The standard InChI is InChI=1S/C25H23N3O3S/c1-14-5-7-15(8-6-14)13-32-25-27-23-22(24(31)28-25)20(16-9-11-17(29)12-10-16)21-18(26-23)3-2-4-19(21)30/h5-12,20,29H,2-4,13H2,1H3,(H2,26,27,28,31). The van der Waals surface area contributed by atoms with Crippen LogP contribution in [-0.2, 0) is 10.5 Å². The molecule has 0 amide bonds. The molecular weight excluding hydrogens is 422 g/mol. The number of aryl methyl sites for hydroxylation is 1.